The van der Waals surface area contributed by atoms with Crippen molar-refractivity contribution in [2.45, 2.75) is 38.3 Å². The first-order valence-corrected chi connectivity index (χ1v) is 7.37. The van der Waals surface area contributed by atoms with Crippen LogP contribution >= 0.6 is 0 Å². The minimum Gasteiger partial charge on any atom is -0.496 e. The molecule has 0 radical (unpaired) electrons. The molecule has 0 saturated carbocycles. The number of hydrogen-bond acceptors (Lipinski definition) is 4. The van der Waals surface area contributed by atoms with Gasteiger partial charge < -0.3 is 14.9 Å². The first kappa shape index (κ1) is 16.3. The first-order chi connectivity index (χ1) is 10.5. The predicted molar refractivity (Wildman–Crippen MR) is 80.3 cm³/mol. The van der Waals surface area contributed by atoms with Crippen molar-refractivity contribution in [2.24, 2.45) is 0 Å². The van der Waals surface area contributed by atoms with Crippen molar-refractivity contribution in [3.05, 3.63) is 29.3 Å². The third-order valence-electron chi connectivity index (χ3n) is 4.04. The van der Waals surface area contributed by atoms with E-state index in [2.05, 4.69) is 4.90 Å². The van der Waals surface area contributed by atoms with Crippen LogP contribution in [-0.2, 0) is 11.3 Å². The van der Waals surface area contributed by atoms with Crippen LogP contribution in [0.25, 0.3) is 0 Å². The number of piperidine rings is 1. The molecule has 6 nitrogen and oxygen atoms in total. The van der Waals surface area contributed by atoms with Crippen molar-refractivity contribution in [2.75, 3.05) is 13.7 Å². The highest BCUT2D eigenvalue weighted by Gasteiger charge is 2.25. The number of ether oxygens (including phenoxy) is 1. The summed E-state index contributed by atoms with van der Waals surface area (Å²) in [6, 6.07) is 5.10. The third-order valence-corrected chi connectivity index (χ3v) is 4.04. The fourth-order valence-electron chi connectivity index (χ4n) is 2.96. The molecule has 1 aromatic rings. The van der Waals surface area contributed by atoms with Gasteiger partial charge in [0.2, 0.25) is 0 Å². The van der Waals surface area contributed by atoms with Crippen LogP contribution in [0.2, 0.25) is 0 Å². The van der Waals surface area contributed by atoms with Crippen LogP contribution in [-0.4, -0.2) is 46.7 Å². The molecule has 0 unspecified atom stereocenters. The number of likely N-dealkylation sites (tertiary alicyclic amines) is 1. The van der Waals surface area contributed by atoms with Crippen molar-refractivity contribution >= 4 is 11.9 Å². The molecular weight excluding hydrogens is 286 g/mol. The van der Waals surface area contributed by atoms with Crippen molar-refractivity contribution in [1.82, 2.24) is 4.90 Å². The second kappa shape index (κ2) is 7.26. The molecule has 0 amide bonds. The van der Waals surface area contributed by atoms with Gasteiger partial charge in [-0.1, -0.05) is 12.5 Å². The molecule has 1 fully saturated rings. The molecule has 0 spiro atoms. The van der Waals surface area contributed by atoms with Crippen LogP contribution in [0.15, 0.2) is 18.2 Å². The molecule has 1 aromatic carbocycles. The number of carbonyl (C=O) groups is 2. The highest BCUT2D eigenvalue weighted by molar-refractivity contribution is 5.91. The van der Waals surface area contributed by atoms with Crippen molar-refractivity contribution in [1.29, 1.82) is 0 Å². The van der Waals surface area contributed by atoms with Gasteiger partial charge >= 0.3 is 11.9 Å². The lowest BCUT2D eigenvalue weighted by atomic mass is 9.98. The average molecular weight is 307 g/mol. The highest BCUT2D eigenvalue weighted by atomic mass is 16.5. The van der Waals surface area contributed by atoms with E-state index in [0.29, 0.717) is 12.3 Å². The molecule has 1 heterocycles. The van der Waals surface area contributed by atoms with E-state index in [1.54, 1.807) is 12.1 Å². The quantitative estimate of drug-likeness (QED) is 0.838. The molecule has 1 aliphatic heterocycles. The fourth-order valence-corrected chi connectivity index (χ4v) is 2.96. The summed E-state index contributed by atoms with van der Waals surface area (Å²) in [5.41, 5.74) is 0.988. The van der Waals surface area contributed by atoms with Gasteiger partial charge in [-0.3, -0.25) is 9.69 Å². The van der Waals surface area contributed by atoms with Crippen LogP contribution in [0.4, 0.5) is 0 Å². The molecule has 1 aliphatic rings. The molecule has 1 atom stereocenters. The molecule has 0 aliphatic carbocycles. The number of nitrogens with zero attached hydrogens (tertiary/aromatic N) is 1. The molecule has 120 valence electrons. The molecule has 0 aromatic heterocycles. The van der Waals surface area contributed by atoms with Crippen LogP contribution in [0.1, 0.15) is 41.6 Å². The summed E-state index contributed by atoms with van der Waals surface area (Å²) in [6.07, 6.45) is 3.08. The highest BCUT2D eigenvalue weighted by Crippen LogP contribution is 2.25. The summed E-state index contributed by atoms with van der Waals surface area (Å²) in [5, 5.41) is 18.2. The summed E-state index contributed by atoms with van der Waals surface area (Å²) >= 11 is 0. The average Bonchev–Trinajstić information content (AvgIpc) is 2.48. The monoisotopic (exact) mass is 307 g/mol. The number of carboxylic acid groups (broad SMARTS) is 2. The number of carboxylic acids is 2. The van der Waals surface area contributed by atoms with E-state index < -0.39 is 11.9 Å². The van der Waals surface area contributed by atoms with Gasteiger partial charge in [-0.15, -0.1) is 0 Å². The van der Waals surface area contributed by atoms with E-state index in [0.717, 1.165) is 31.4 Å². The predicted octanol–water partition coefficient (Wildman–Crippen LogP) is 2.22. The van der Waals surface area contributed by atoms with Crippen molar-refractivity contribution < 1.29 is 24.5 Å². The maximum absolute atomic E-state index is 11.3. The van der Waals surface area contributed by atoms with Gasteiger partial charge in [0.15, 0.2) is 0 Å². The smallest absolute Gasteiger partial charge is 0.339 e. The van der Waals surface area contributed by atoms with Gasteiger partial charge in [0, 0.05) is 12.6 Å². The summed E-state index contributed by atoms with van der Waals surface area (Å²) in [5.74, 6) is -1.49. The maximum Gasteiger partial charge on any atom is 0.339 e. The molecule has 1 saturated heterocycles. The topological polar surface area (TPSA) is 87.1 Å². The lowest BCUT2D eigenvalue weighted by Gasteiger charge is -2.35. The second-order valence-electron chi connectivity index (χ2n) is 5.56. The Morgan fingerprint density at radius 3 is 2.73 bits per heavy atom. The molecular formula is C16H21NO5. The summed E-state index contributed by atoms with van der Waals surface area (Å²) in [7, 11) is 1.44. The van der Waals surface area contributed by atoms with E-state index in [1.165, 1.54) is 7.11 Å². The largest absolute Gasteiger partial charge is 0.496 e. The number of methoxy groups -OCH3 is 1. The molecule has 6 heteroatoms. The number of benzene rings is 1. The minimum absolute atomic E-state index is 0.0154. The Balaban J connectivity index is 2.16. The summed E-state index contributed by atoms with van der Waals surface area (Å²) in [4.78, 5) is 24.4. The van der Waals surface area contributed by atoms with Crippen molar-refractivity contribution in [3.8, 4) is 5.75 Å². The number of aromatic carboxylic acids is 1. The zero-order valence-electron chi connectivity index (χ0n) is 12.6. The summed E-state index contributed by atoms with van der Waals surface area (Å²) < 4.78 is 5.05. The maximum atomic E-state index is 11.3. The zero-order valence-corrected chi connectivity index (χ0v) is 12.6. The Bertz CT molecular complexity index is 557. The van der Waals surface area contributed by atoms with Gasteiger partial charge in [0.05, 0.1) is 13.5 Å². The first-order valence-electron chi connectivity index (χ1n) is 7.37. The van der Waals surface area contributed by atoms with Gasteiger partial charge in [0.25, 0.3) is 0 Å². The van der Waals surface area contributed by atoms with Crippen LogP contribution in [0, 0.1) is 0 Å². The SMILES string of the molecule is COc1ccc(CN2CCCC[C@@H]2CC(=O)O)cc1C(=O)O. The number of hydrogen-bond donors (Lipinski definition) is 2. The fraction of sp³-hybridized carbons (Fsp3) is 0.500. The van der Waals surface area contributed by atoms with Crippen molar-refractivity contribution in [3.63, 3.8) is 0 Å². The molecule has 2 N–H and O–H groups in total. The lowest BCUT2D eigenvalue weighted by Crippen LogP contribution is -2.40. The van der Waals surface area contributed by atoms with Gasteiger partial charge in [-0.25, -0.2) is 4.79 Å². The lowest BCUT2D eigenvalue weighted by molar-refractivity contribution is -0.138. The standard InChI is InChI=1S/C16H21NO5/c1-22-14-6-5-11(8-13(14)16(20)21)10-17-7-3-2-4-12(17)9-15(18)19/h5-6,8,12H,2-4,7,9-10H2,1H3,(H,18,19)(H,20,21)/t12-/m1/s1. The van der Waals surface area contributed by atoms with Gasteiger partial charge in [-0.2, -0.15) is 0 Å². The van der Waals surface area contributed by atoms with E-state index in [1.807, 2.05) is 6.07 Å². The minimum atomic E-state index is -1.03. The molecule has 22 heavy (non-hydrogen) atoms. The zero-order chi connectivity index (χ0) is 16.1. The van der Waals surface area contributed by atoms with Crippen LogP contribution < -0.4 is 4.74 Å². The Morgan fingerprint density at radius 2 is 2.09 bits per heavy atom. The number of rotatable bonds is 6. The van der Waals surface area contributed by atoms with Gasteiger partial charge in [0.1, 0.15) is 11.3 Å². The molecule has 0 bridgehead atoms. The van der Waals surface area contributed by atoms with E-state index in [9.17, 15) is 14.7 Å². The second-order valence-corrected chi connectivity index (χ2v) is 5.56. The van der Waals surface area contributed by atoms with E-state index >= 15 is 0 Å². The van der Waals surface area contributed by atoms with E-state index in [4.69, 9.17) is 9.84 Å². The summed E-state index contributed by atoms with van der Waals surface area (Å²) in [6.45, 7) is 1.40. The Labute approximate surface area is 129 Å². The van der Waals surface area contributed by atoms with Crippen LogP contribution in [0.5, 0.6) is 5.75 Å². The Morgan fingerprint density at radius 1 is 1.32 bits per heavy atom. The number of aliphatic carboxylic acids is 1. The third kappa shape index (κ3) is 3.98. The van der Waals surface area contributed by atoms with Crippen LogP contribution in [0.3, 0.4) is 0 Å². The van der Waals surface area contributed by atoms with E-state index in [-0.39, 0.29) is 18.0 Å². The Hall–Kier alpha value is -2.08. The Kier molecular flexibility index (Phi) is 5.38. The van der Waals surface area contributed by atoms with Gasteiger partial charge in [-0.05, 0) is 37.1 Å². The normalized spacial score (nSPS) is 18.9. The molecule has 2 rings (SSSR count).